The van der Waals surface area contributed by atoms with Crippen LogP contribution in [0.15, 0.2) is 42.5 Å². The first-order chi connectivity index (χ1) is 12.1. The number of nitrogens with one attached hydrogen (secondary N) is 1. The average molecular weight is 361 g/mol. The van der Waals surface area contributed by atoms with Crippen molar-refractivity contribution >= 4 is 17.7 Å². The number of para-hydroxylation sites is 1. The van der Waals surface area contributed by atoms with E-state index in [-0.39, 0.29) is 11.7 Å². The van der Waals surface area contributed by atoms with Crippen LogP contribution < -0.4 is 10.1 Å². The fourth-order valence-electron chi connectivity index (χ4n) is 2.44. The summed E-state index contributed by atoms with van der Waals surface area (Å²) in [6, 6.07) is 12.4. The molecule has 2 aromatic carbocycles. The van der Waals surface area contributed by atoms with Crippen molar-refractivity contribution in [2.75, 3.05) is 24.7 Å². The van der Waals surface area contributed by atoms with E-state index in [1.54, 1.807) is 23.9 Å². The van der Waals surface area contributed by atoms with E-state index < -0.39 is 0 Å². The number of hydrogen-bond acceptors (Lipinski definition) is 3. The molecule has 0 unspecified atom stereocenters. The van der Waals surface area contributed by atoms with Gasteiger partial charge in [-0.05, 0) is 49.1 Å². The Morgan fingerprint density at radius 3 is 2.48 bits per heavy atom. The van der Waals surface area contributed by atoms with E-state index >= 15 is 0 Å². The number of hydrogen-bond donors (Lipinski definition) is 1. The molecule has 3 nitrogen and oxygen atoms in total. The second-order valence-corrected chi connectivity index (χ2v) is 6.95. The number of aryl methyl sites for hydroxylation is 2. The Bertz CT molecular complexity index is 668. The van der Waals surface area contributed by atoms with E-state index in [0.717, 1.165) is 28.2 Å². The highest BCUT2D eigenvalue weighted by atomic mass is 32.2. The summed E-state index contributed by atoms with van der Waals surface area (Å²) in [5, 5.41) is 2.88. The molecule has 0 spiro atoms. The van der Waals surface area contributed by atoms with Crippen LogP contribution in [0, 0.1) is 19.7 Å². The first-order valence-corrected chi connectivity index (χ1v) is 9.49. The Morgan fingerprint density at radius 2 is 1.80 bits per heavy atom. The fraction of sp³-hybridized carbons (Fsp3) is 0.350. The van der Waals surface area contributed by atoms with Crippen LogP contribution in [0.5, 0.6) is 5.75 Å². The molecule has 0 radical (unpaired) electrons. The number of rotatable bonds is 9. The van der Waals surface area contributed by atoms with Crippen molar-refractivity contribution in [1.29, 1.82) is 0 Å². The molecule has 0 bridgehead atoms. The highest BCUT2D eigenvalue weighted by Gasteiger charge is 2.04. The fourth-order valence-corrected chi connectivity index (χ4v) is 3.08. The molecule has 1 amide bonds. The third-order valence-corrected chi connectivity index (χ3v) is 4.69. The van der Waals surface area contributed by atoms with E-state index in [1.165, 1.54) is 12.1 Å². The summed E-state index contributed by atoms with van der Waals surface area (Å²) in [5.74, 6) is 1.89. The van der Waals surface area contributed by atoms with Gasteiger partial charge in [-0.2, -0.15) is 0 Å². The lowest BCUT2D eigenvalue weighted by molar-refractivity contribution is -0.118. The lowest BCUT2D eigenvalue weighted by Crippen LogP contribution is -2.27. The highest BCUT2D eigenvalue weighted by molar-refractivity contribution is 7.99. The summed E-state index contributed by atoms with van der Waals surface area (Å²) >= 11 is 1.55. The minimum absolute atomic E-state index is 0.0131. The van der Waals surface area contributed by atoms with Gasteiger partial charge in [0, 0.05) is 12.3 Å². The molecule has 0 atom stereocenters. The van der Waals surface area contributed by atoms with Crippen molar-refractivity contribution in [2.24, 2.45) is 0 Å². The molecule has 134 valence electrons. The van der Waals surface area contributed by atoms with Crippen molar-refractivity contribution in [2.45, 2.75) is 20.3 Å². The van der Waals surface area contributed by atoms with Crippen LogP contribution in [-0.2, 0) is 11.2 Å². The van der Waals surface area contributed by atoms with E-state index in [1.807, 2.05) is 32.0 Å². The molecule has 0 heterocycles. The van der Waals surface area contributed by atoms with Gasteiger partial charge in [-0.25, -0.2) is 4.39 Å². The first kappa shape index (κ1) is 19.3. The lowest BCUT2D eigenvalue weighted by Gasteiger charge is -2.11. The minimum atomic E-state index is -0.243. The van der Waals surface area contributed by atoms with Crippen LogP contribution in [0.3, 0.4) is 0 Å². The molecule has 2 rings (SSSR count). The van der Waals surface area contributed by atoms with E-state index in [4.69, 9.17) is 4.74 Å². The van der Waals surface area contributed by atoms with Gasteiger partial charge in [0.2, 0.25) is 5.91 Å². The molecule has 2 aromatic rings. The van der Waals surface area contributed by atoms with Gasteiger partial charge >= 0.3 is 0 Å². The largest absolute Gasteiger partial charge is 0.492 e. The van der Waals surface area contributed by atoms with Gasteiger partial charge in [-0.3, -0.25) is 4.79 Å². The van der Waals surface area contributed by atoms with Crippen molar-refractivity contribution in [3.8, 4) is 5.75 Å². The number of benzene rings is 2. The second kappa shape index (κ2) is 10.1. The zero-order valence-corrected chi connectivity index (χ0v) is 15.5. The van der Waals surface area contributed by atoms with Gasteiger partial charge < -0.3 is 10.1 Å². The SMILES string of the molecule is Cc1cccc(C)c1OCCSCC(=O)NCCc1ccc(F)cc1. The van der Waals surface area contributed by atoms with Gasteiger partial charge in [0.15, 0.2) is 0 Å². The Labute approximate surface area is 153 Å². The Hall–Kier alpha value is -2.01. The maximum absolute atomic E-state index is 12.8. The summed E-state index contributed by atoms with van der Waals surface area (Å²) in [6.45, 7) is 5.21. The number of ether oxygens (including phenoxy) is 1. The Kier molecular flexibility index (Phi) is 7.79. The number of thioether (sulfide) groups is 1. The van der Waals surface area contributed by atoms with Gasteiger partial charge in [0.25, 0.3) is 0 Å². The topological polar surface area (TPSA) is 38.3 Å². The maximum atomic E-state index is 12.8. The molecule has 0 aliphatic carbocycles. The lowest BCUT2D eigenvalue weighted by atomic mass is 10.1. The molecule has 5 heteroatoms. The number of halogens is 1. The molecule has 1 N–H and O–H groups in total. The monoisotopic (exact) mass is 361 g/mol. The zero-order chi connectivity index (χ0) is 18.1. The Morgan fingerprint density at radius 1 is 1.12 bits per heavy atom. The van der Waals surface area contributed by atoms with E-state index in [0.29, 0.717) is 25.3 Å². The molecule has 25 heavy (non-hydrogen) atoms. The highest BCUT2D eigenvalue weighted by Crippen LogP contribution is 2.22. The molecule has 0 aliphatic heterocycles. The second-order valence-electron chi connectivity index (χ2n) is 5.85. The molecule has 0 fully saturated rings. The predicted octanol–water partition coefficient (Wildman–Crippen LogP) is 3.91. The smallest absolute Gasteiger partial charge is 0.230 e. The van der Waals surface area contributed by atoms with E-state index in [2.05, 4.69) is 5.32 Å². The van der Waals surface area contributed by atoms with Gasteiger partial charge in [0.1, 0.15) is 11.6 Å². The summed E-state index contributed by atoms with van der Waals surface area (Å²) in [7, 11) is 0. The molecule has 0 saturated heterocycles. The van der Waals surface area contributed by atoms with Gasteiger partial charge in [-0.1, -0.05) is 30.3 Å². The predicted molar refractivity (Wildman–Crippen MR) is 102 cm³/mol. The number of amides is 1. The average Bonchev–Trinajstić information content (AvgIpc) is 2.58. The van der Waals surface area contributed by atoms with Crippen molar-refractivity contribution in [1.82, 2.24) is 5.32 Å². The minimum Gasteiger partial charge on any atom is -0.492 e. The Balaban J connectivity index is 1.57. The quantitative estimate of drug-likeness (QED) is 0.688. The van der Waals surface area contributed by atoms with Crippen molar-refractivity contribution in [3.05, 3.63) is 65.0 Å². The van der Waals surface area contributed by atoms with E-state index in [9.17, 15) is 9.18 Å². The van der Waals surface area contributed by atoms with Gasteiger partial charge in [0.05, 0.1) is 12.4 Å². The van der Waals surface area contributed by atoms with Crippen LogP contribution in [-0.4, -0.2) is 30.6 Å². The zero-order valence-electron chi connectivity index (χ0n) is 14.7. The number of carbonyl (C=O) groups is 1. The molecular weight excluding hydrogens is 337 g/mol. The summed E-state index contributed by atoms with van der Waals surface area (Å²) < 4.78 is 18.6. The van der Waals surface area contributed by atoms with Crippen LogP contribution in [0.4, 0.5) is 4.39 Å². The molecule has 0 aromatic heterocycles. The van der Waals surface area contributed by atoms with Crippen molar-refractivity contribution < 1.29 is 13.9 Å². The maximum Gasteiger partial charge on any atom is 0.230 e. The first-order valence-electron chi connectivity index (χ1n) is 8.34. The third kappa shape index (κ3) is 6.78. The van der Waals surface area contributed by atoms with Crippen LogP contribution in [0.2, 0.25) is 0 Å². The molecular formula is C20H24FNO2S. The third-order valence-electron chi connectivity index (χ3n) is 3.77. The van der Waals surface area contributed by atoms with Crippen LogP contribution in [0.25, 0.3) is 0 Å². The standard InChI is InChI=1S/C20H24FNO2S/c1-15-4-3-5-16(2)20(15)24-12-13-25-14-19(23)22-11-10-17-6-8-18(21)9-7-17/h3-9H,10-14H2,1-2H3,(H,22,23). The van der Waals surface area contributed by atoms with Crippen LogP contribution in [0.1, 0.15) is 16.7 Å². The molecule has 0 aliphatic rings. The summed E-state index contributed by atoms with van der Waals surface area (Å²) in [6.07, 6.45) is 0.701. The van der Waals surface area contributed by atoms with Crippen molar-refractivity contribution in [3.63, 3.8) is 0 Å². The molecule has 0 saturated carbocycles. The number of carbonyl (C=O) groups excluding carboxylic acids is 1. The summed E-state index contributed by atoms with van der Waals surface area (Å²) in [4.78, 5) is 11.8. The summed E-state index contributed by atoms with van der Waals surface area (Å²) in [5.41, 5.74) is 3.27. The van der Waals surface area contributed by atoms with Crippen LogP contribution >= 0.6 is 11.8 Å². The normalized spacial score (nSPS) is 10.5. The van der Waals surface area contributed by atoms with Gasteiger partial charge in [-0.15, -0.1) is 11.8 Å².